The van der Waals surface area contributed by atoms with Crippen LogP contribution < -0.4 is 5.32 Å². The molecule has 6 heteroatoms. The van der Waals surface area contributed by atoms with Gasteiger partial charge in [-0.3, -0.25) is 14.9 Å². The lowest BCUT2D eigenvalue weighted by molar-refractivity contribution is -0.384. The Morgan fingerprint density at radius 2 is 2.20 bits per heavy atom. The number of aliphatic hydroxyl groups excluding tert-OH is 1. The first-order valence-corrected chi connectivity index (χ1v) is 6.28. The van der Waals surface area contributed by atoms with Gasteiger partial charge in [0, 0.05) is 30.9 Å². The lowest BCUT2D eigenvalue weighted by Crippen LogP contribution is -2.37. The van der Waals surface area contributed by atoms with Gasteiger partial charge in [0.15, 0.2) is 0 Å². The molecule has 0 saturated heterocycles. The van der Waals surface area contributed by atoms with Crippen molar-refractivity contribution < 1.29 is 14.8 Å². The van der Waals surface area contributed by atoms with Gasteiger partial charge < -0.3 is 10.4 Å². The van der Waals surface area contributed by atoms with Crippen molar-refractivity contribution in [1.82, 2.24) is 5.32 Å². The molecular formula is C14H18N2O4. The van der Waals surface area contributed by atoms with Crippen LogP contribution >= 0.6 is 0 Å². The van der Waals surface area contributed by atoms with Gasteiger partial charge in [0.2, 0.25) is 5.91 Å². The maximum absolute atomic E-state index is 11.7. The molecule has 6 nitrogen and oxygen atoms in total. The van der Waals surface area contributed by atoms with Crippen LogP contribution in [0.5, 0.6) is 0 Å². The smallest absolute Gasteiger partial charge is 0.270 e. The monoisotopic (exact) mass is 278 g/mol. The van der Waals surface area contributed by atoms with Gasteiger partial charge in [-0.05, 0) is 24.5 Å². The van der Waals surface area contributed by atoms with Crippen LogP contribution in [0.1, 0.15) is 19.4 Å². The summed E-state index contributed by atoms with van der Waals surface area (Å²) in [5.74, 6) is -0.338. The predicted octanol–water partition coefficient (Wildman–Crippen LogP) is 1.74. The summed E-state index contributed by atoms with van der Waals surface area (Å²) in [6, 6.07) is 5.87. The Balaban J connectivity index is 2.66. The first-order valence-electron chi connectivity index (χ1n) is 6.28. The number of carbonyl (C=O) groups is 1. The molecule has 2 unspecified atom stereocenters. The third kappa shape index (κ3) is 4.81. The van der Waals surface area contributed by atoms with E-state index in [1.807, 2.05) is 6.92 Å². The van der Waals surface area contributed by atoms with E-state index in [1.54, 1.807) is 19.1 Å². The molecule has 1 amide bonds. The highest BCUT2D eigenvalue weighted by molar-refractivity contribution is 5.91. The highest BCUT2D eigenvalue weighted by Crippen LogP contribution is 2.14. The SMILES string of the molecule is CC(CO)C(C)NC(=O)/C=C/c1cccc([N+](=O)[O-])c1. The first kappa shape index (κ1) is 15.8. The van der Waals surface area contributed by atoms with Crippen LogP contribution in [0.2, 0.25) is 0 Å². The first-order chi connectivity index (χ1) is 9.43. The molecule has 2 N–H and O–H groups in total. The molecule has 0 aromatic heterocycles. The van der Waals surface area contributed by atoms with Gasteiger partial charge in [-0.2, -0.15) is 0 Å². The number of nitro benzene ring substituents is 1. The van der Waals surface area contributed by atoms with E-state index in [0.29, 0.717) is 5.56 Å². The molecule has 20 heavy (non-hydrogen) atoms. The number of aliphatic hydroxyl groups is 1. The quantitative estimate of drug-likeness (QED) is 0.471. The molecule has 0 aliphatic carbocycles. The third-order valence-electron chi connectivity index (χ3n) is 3.02. The molecular weight excluding hydrogens is 260 g/mol. The summed E-state index contributed by atoms with van der Waals surface area (Å²) in [5.41, 5.74) is 0.562. The van der Waals surface area contributed by atoms with Crippen LogP contribution in [0.15, 0.2) is 30.3 Å². The van der Waals surface area contributed by atoms with Crippen LogP contribution in [0.3, 0.4) is 0 Å². The molecule has 0 aliphatic rings. The van der Waals surface area contributed by atoms with Crippen LogP contribution in [-0.2, 0) is 4.79 Å². The summed E-state index contributed by atoms with van der Waals surface area (Å²) in [7, 11) is 0. The maximum atomic E-state index is 11.7. The molecule has 1 aromatic carbocycles. The van der Waals surface area contributed by atoms with E-state index in [-0.39, 0.29) is 30.2 Å². The summed E-state index contributed by atoms with van der Waals surface area (Å²) >= 11 is 0. The van der Waals surface area contributed by atoms with Crippen LogP contribution in [0.25, 0.3) is 6.08 Å². The number of amides is 1. The van der Waals surface area contributed by atoms with Crippen molar-refractivity contribution in [3.63, 3.8) is 0 Å². The number of rotatable bonds is 6. The summed E-state index contributed by atoms with van der Waals surface area (Å²) in [6.45, 7) is 3.63. The number of nitro groups is 1. The van der Waals surface area contributed by atoms with E-state index in [4.69, 9.17) is 5.11 Å². The standard InChI is InChI=1S/C14H18N2O4/c1-10(9-17)11(2)15-14(18)7-6-12-4-3-5-13(8-12)16(19)20/h3-8,10-11,17H,9H2,1-2H3,(H,15,18)/b7-6+. The summed E-state index contributed by atoms with van der Waals surface area (Å²) in [6.07, 6.45) is 2.83. The Hall–Kier alpha value is -2.21. The van der Waals surface area contributed by atoms with Gasteiger partial charge in [-0.1, -0.05) is 19.1 Å². The van der Waals surface area contributed by atoms with E-state index < -0.39 is 4.92 Å². The summed E-state index contributed by atoms with van der Waals surface area (Å²) in [5, 5.41) is 22.3. The molecule has 1 aromatic rings. The van der Waals surface area contributed by atoms with E-state index in [0.717, 1.165) is 0 Å². The molecule has 0 saturated carbocycles. The molecule has 0 heterocycles. The van der Waals surface area contributed by atoms with Crippen molar-refractivity contribution in [2.45, 2.75) is 19.9 Å². The van der Waals surface area contributed by atoms with Crippen LogP contribution in [0.4, 0.5) is 5.69 Å². The average molecular weight is 278 g/mol. The Bertz CT molecular complexity index is 514. The van der Waals surface area contributed by atoms with Gasteiger partial charge in [0.1, 0.15) is 0 Å². The van der Waals surface area contributed by atoms with Crippen molar-refractivity contribution in [1.29, 1.82) is 0 Å². The van der Waals surface area contributed by atoms with E-state index in [9.17, 15) is 14.9 Å². The van der Waals surface area contributed by atoms with Crippen molar-refractivity contribution in [2.75, 3.05) is 6.61 Å². The predicted molar refractivity (Wildman–Crippen MR) is 76.0 cm³/mol. The fourth-order valence-corrected chi connectivity index (χ4v) is 1.49. The van der Waals surface area contributed by atoms with Gasteiger partial charge in [-0.15, -0.1) is 0 Å². The van der Waals surface area contributed by atoms with E-state index >= 15 is 0 Å². The van der Waals surface area contributed by atoms with Crippen LogP contribution in [0, 0.1) is 16.0 Å². The number of hydrogen-bond acceptors (Lipinski definition) is 4. The zero-order chi connectivity index (χ0) is 15.1. The second kappa shape index (κ2) is 7.40. The number of nitrogens with zero attached hydrogens (tertiary/aromatic N) is 1. The van der Waals surface area contributed by atoms with Crippen molar-refractivity contribution in [3.05, 3.63) is 46.0 Å². The largest absolute Gasteiger partial charge is 0.396 e. The highest BCUT2D eigenvalue weighted by atomic mass is 16.6. The van der Waals surface area contributed by atoms with Crippen molar-refractivity contribution in [2.24, 2.45) is 5.92 Å². The molecule has 1 rings (SSSR count). The number of benzene rings is 1. The van der Waals surface area contributed by atoms with E-state index in [1.165, 1.54) is 24.3 Å². The fourth-order valence-electron chi connectivity index (χ4n) is 1.49. The minimum Gasteiger partial charge on any atom is -0.396 e. The number of hydrogen-bond donors (Lipinski definition) is 2. The lowest BCUT2D eigenvalue weighted by atomic mass is 10.1. The van der Waals surface area contributed by atoms with Gasteiger partial charge in [0.05, 0.1) is 4.92 Å². The second-order valence-corrected chi connectivity index (χ2v) is 4.64. The summed E-state index contributed by atoms with van der Waals surface area (Å²) < 4.78 is 0. The Morgan fingerprint density at radius 3 is 2.80 bits per heavy atom. The fraction of sp³-hybridized carbons (Fsp3) is 0.357. The highest BCUT2D eigenvalue weighted by Gasteiger charge is 2.12. The molecule has 2 atom stereocenters. The van der Waals surface area contributed by atoms with Gasteiger partial charge >= 0.3 is 0 Å². The van der Waals surface area contributed by atoms with Gasteiger partial charge in [-0.25, -0.2) is 0 Å². The molecule has 0 radical (unpaired) electrons. The lowest BCUT2D eigenvalue weighted by Gasteiger charge is -2.17. The summed E-state index contributed by atoms with van der Waals surface area (Å²) in [4.78, 5) is 21.8. The zero-order valence-electron chi connectivity index (χ0n) is 11.4. The molecule has 108 valence electrons. The Kier molecular flexibility index (Phi) is 5.86. The minimum absolute atomic E-state index is 0.00393. The van der Waals surface area contributed by atoms with Crippen molar-refractivity contribution >= 4 is 17.7 Å². The molecule has 0 aliphatic heterocycles. The normalized spacial score (nSPS) is 13.9. The second-order valence-electron chi connectivity index (χ2n) is 4.64. The number of nitrogens with one attached hydrogen (secondary N) is 1. The average Bonchev–Trinajstić information content (AvgIpc) is 2.44. The number of non-ortho nitro benzene ring substituents is 1. The third-order valence-corrected chi connectivity index (χ3v) is 3.02. The molecule has 0 bridgehead atoms. The maximum Gasteiger partial charge on any atom is 0.270 e. The Labute approximate surface area is 117 Å². The topological polar surface area (TPSA) is 92.5 Å². The molecule has 0 spiro atoms. The zero-order valence-corrected chi connectivity index (χ0v) is 11.4. The van der Waals surface area contributed by atoms with E-state index in [2.05, 4.69) is 5.32 Å². The minimum atomic E-state index is -0.484. The van der Waals surface area contributed by atoms with Crippen molar-refractivity contribution in [3.8, 4) is 0 Å². The van der Waals surface area contributed by atoms with Gasteiger partial charge in [0.25, 0.3) is 5.69 Å². The van der Waals surface area contributed by atoms with Crippen LogP contribution in [-0.4, -0.2) is 28.6 Å². The Morgan fingerprint density at radius 1 is 1.50 bits per heavy atom. The molecule has 0 fully saturated rings. The number of carbonyl (C=O) groups excluding carboxylic acids is 1.